The molecule has 27 heavy (non-hydrogen) atoms. The van der Waals surface area contributed by atoms with Gasteiger partial charge in [0.15, 0.2) is 0 Å². The molecule has 1 aliphatic heterocycles. The molecule has 1 saturated heterocycles. The maximum absolute atomic E-state index is 4.50. The monoisotopic (exact) mass is 424 g/mol. The van der Waals surface area contributed by atoms with E-state index in [1.54, 1.807) is 0 Å². The summed E-state index contributed by atoms with van der Waals surface area (Å²) < 4.78 is 1.03. The van der Waals surface area contributed by atoms with Crippen molar-refractivity contribution in [3.05, 3.63) is 70.8 Å². The van der Waals surface area contributed by atoms with Gasteiger partial charge in [0.05, 0.1) is 5.52 Å². The Morgan fingerprint density at radius 3 is 2.78 bits per heavy atom. The Kier molecular flexibility index (Phi) is 5.72. The van der Waals surface area contributed by atoms with Crippen LogP contribution >= 0.6 is 15.9 Å². The summed E-state index contributed by atoms with van der Waals surface area (Å²) in [7, 11) is 2.21. The first-order valence-electron chi connectivity index (χ1n) is 9.47. The largest absolute Gasteiger partial charge is 0.383 e. The molecule has 5 heteroatoms. The van der Waals surface area contributed by atoms with E-state index in [9.17, 15) is 0 Å². The van der Waals surface area contributed by atoms with Gasteiger partial charge >= 0.3 is 0 Å². The minimum absolute atomic E-state index is 0.454. The van der Waals surface area contributed by atoms with E-state index in [1.165, 1.54) is 5.56 Å². The highest BCUT2D eigenvalue weighted by atomic mass is 79.9. The number of anilines is 1. The number of hydrogen-bond acceptors (Lipinski definition) is 4. The minimum atomic E-state index is 0.454. The highest BCUT2D eigenvalue weighted by Crippen LogP contribution is 2.28. The van der Waals surface area contributed by atoms with Crippen molar-refractivity contribution < 1.29 is 0 Å². The number of halogens is 1. The summed E-state index contributed by atoms with van der Waals surface area (Å²) in [4.78, 5) is 9.52. The van der Waals surface area contributed by atoms with E-state index in [1.807, 2.05) is 12.3 Å². The number of nitrogens with one attached hydrogen (secondary N) is 1. The standard InChI is InChI=1S/C22H25BrN4/c1-26-14-15-27(21(16-26)17-6-3-2-4-7-17)13-12-24-20-10-11-25-22-18(20)8-5-9-19(22)23/h2-11,21H,12-16H2,1H3,(H,24,25). The zero-order valence-corrected chi connectivity index (χ0v) is 17.2. The molecule has 1 aliphatic rings. The molecule has 4 nitrogen and oxygen atoms in total. The van der Waals surface area contributed by atoms with Crippen molar-refractivity contribution in [1.29, 1.82) is 0 Å². The predicted molar refractivity (Wildman–Crippen MR) is 116 cm³/mol. The molecule has 0 amide bonds. The number of likely N-dealkylation sites (N-methyl/N-ethyl adjacent to an activating group) is 1. The van der Waals surface area contributed by atoms with E-state index >= 15 is 0 Å². The van der Waals surface area contributed by atoms with E-state index in [0.29, 0.717) is 6.04 Å². The summed E-state index contributed by atoms with van der Waals surface area (Å²) in [6.45, 7) is 5.23. The molecule has 140 valence electrons. The van der Waals surface area contributed by atoms with E-state index < -0.39 is 0 Å². The maximum atomic E-state index is 4.50. The first-order chi connectivity index (χ1) is 13.2. The van der Waals surface area contributed by atoms with Gasteiger partial charge in [-0.2, -0.15) is 0 Å². The van der Waals surface area contributed by atoms with Gasteiger partial charge in [0, 0.05) is 60.5 Å². The Hall–Kier alpha value is -1.95. The number of fused-ring (bicyclic) bond motifs is 1. The highest BCUT2D eigenvalue weighted by molar-refractivity contribution is 9.10. The van der Waals surface area contributed by atoms with Crippen LogP contribution < -0.4 is 5.32 Å². The van der Waals surface area contributed by atoms with Crippen LogP contribution in [-0.2, 0) is 0 Å². The van der Waals surface area contributed by atoms with Gasteiger partial charge in [-0.1, -0.05) is 42.5 Å². The van der Waals surface area contributed by atoms with Crippen LogP contribution in [0.1, 0.15) is 11.6 Å². The van der Waals surface area contributed by atoms with Crippen LogP contribution in [0.15, 0.2) is 65.3 Å². The van der Waals surface area contributed by atoms with Gasteiger partial charge in [-0.25, -0.2) is 0 Å². The molecule has 2 aromatic carbocycles. The Bertz CT molecular complexity index is 899. The second kappa shape index (κ2) is 8.38. The third-order valence-corrected chi connectivity index (χ3v) is 5.95. The van der Waals surface area contributed by atoms with E-state index in [0.717, 1.165) is 53.8 Å². The van der Waals surface area contributed by atoms with Crippen molar-refractivity contribution in [2.45, 2.75) is 6.04 Å². The fourth-order valence-corrected chi connectivity index (χ4v) is 4.31. The molecule has 0 radical (unpaired) electrons. The molecule has 4 rings (SSSR count). The second-order valence-corrected chi connectivity index (χ2v) is 8.00. The van der Waals surface area contributed by atoms with Crippen molar-refractivity contribution in [2.24, 2.45) is 0 Å². The molecule has 0 spiro atoms. The number of benzene rings is 2. The van der Waals surface area contributed by atoms with Crippen molar-refractivity contribution in [3.8, 4) is 0 Å². The SMILES string of the molecule is CN1CCN(CCNc2ccnc3c(Br)cccc23)C(c2ccccc2)C1. The van der Waals surface area contributed by atoms with Gasteiger partial charge in [0.2, 0.25) is 0 Å². The second-order valence-electron chi connectivity index (χ2n) is 7.15. The number of para-hydroxylation sites is 1. The smallest absolute Gasteiger partial charge is 0.0864 e. The Morgan fingerprint density at radius 2 is 1.93 bits per heavy atom. The number of rotatable bonds is 5. The highest BCUT2D eigenvalue weighted by Gasteiger charge is 2.25. The molecule has 0 aliphatic carbocycles. The van der Waals surface area contributed by atoms with Crippen molar-refractivity contribution in [2.75, 3.05) is 45.1 Å². The van der Waals surface area contributed by atoms with Gasteiger partial charge in [0.25, 0.3) is 0 Å². The van der Waals surface area contributed by atoms with Crippen LogP contribution in [0, 0.1) is 0 Å². The summed E-state index contributed by atoms with van der Waals surface area (Å²) in [6, 6.07) is 19.6. The lowest BCUT2D eigenvalue weighted by atomic mass is 10.0. The number of nitrogens with zero attached hydrogens (tertiary/aromatic N) is 3. The normalized spacial score (nSPS) is 18.7. The zero-order valence-electron chi connectivity index (χ0n) is 15.6. The quantitative estimate of drug-likeness (QED) is 0.657. The molecule has 2 heterocycles. The van der Waals surface area contributed by atoms with Crippen LogP contribution in [0.2, 0.25) is 0 Å². The molecule has 0 saturated carbocycles. The molecular formula is C22H25BrN4. The molecule has 1 unspecified atom stereocenters. The Morgan fingerprint density at radius 1 is 1.07 bits per heavy atom. The van der Waals surface area contributed by atoms with Crippen LogP contribution in [0.3, 0.4) is 0 Å². The third kappa shape index (κ3) is 4.15. The lowest BCUT2D eigenvalue weighted by molar-refractivity contribution is 0.0938. The molecule has 0 bridgehead atoms. The number of hydrogen-bond donors (Lipinski definition) is 1. The van der Waals surface area contributed by atoms with Crippen molar-refractivity contribution in [1.82, 2.24) is 14.8 Å². The molecular weight excluding hydrogens is 400 g/mol. The maximum Gasteiger partial charge on any atom is 0.0864 e. The third-order valence-electron chi connectivity index (χ3n) is 5.31. The van der Waals surface area contributed by atoms with Gasteiger partial charge in [0.1, 0.15) is 0 Å². The van der Waals surface area contributed by atoms with Gasteiger partial charge < -0.3 is 10.2 Å². The van der Waals surface area contributed by atoms with Crippen LogP contribution in [0.4, 0.5) is 5.69 Å². The average molecular weight is 425 g/mol. The fraction of sp³-hybridized carbons (Fsp3) is 0.318. The summed E-state index contributed by atoms with van der Waals surface area (Å²) in [5.74, 6) is 0. The van der Waals surface area contributed by atoms with Crippen molar-refractivity contribution >= 4 is 32.5 Å². The van der Waals surface area contributed by atoms with Crippen LogP contribution in [0.5, 0.6) is 0 Å². The molecule has 1 fully saturated rings. The molecule has 3 aromatic rings. The average Bonchev–Trinajstić information content (AvgIpc) is 2.70. The first kappa shape index (κ1) is 18.4. The summed E-state index contributed by atoms with van der Waals surface area (Å²) in [5.41, 5.74) is 3.55. The lowest BCUT2D eigenvalue weighted by Gasteiger charge is -2.40. The molecule has 1 aromatic heterocycles. The summed E-state index contributed by atoms with van der Waals surface area (Å²) >= 11 is 3.60. The van der Waals surface area contributed by atoms with E-state index in [2.05, 4.69) is 91.6 Å². The number of pyridine rings is 1. The van der Waals surface area contributed by atoms with E-state index in [4.69, 9.17) is 0 Å². The summed E-state index contributed by atoms with van der Waals surface area (Å²) in [6.07, 6.45) is 1.87. The Labute approximate surface area is 169 Å². The molecule has 1 atom stereocenters. The minimum Gasteiger partial charge on any atom is -0.383 e. The zero-order chi connectivity index (χ0) is 18.6. The Balaban J connectivity index is 1.46. The van der Waals surface area contributed by atoms with Crippen LogP contribution in [-0.4, -0.2) is 54.6 Å². The van der Waals surface area contributed by atoms with Gasteiger partial charge in [-0.3, -0.25) is 9.88 Å². The number of piperazine rings is 1. The lowest BCUT2D eigenvalue weighted by Crippen LogP contribution is -2.48. The van der Waals surface area contributed by atoms with Gasteiger partial charge in [-0.05, 0) is 40.7 Å². The van der Waals surface area contributed by atoms with Gasteiger partial charge in [-0.15, -0.1) is 0 Å². The van der Waals surface area contributed by atoms with E-state index in [-0.39, 0.29) is 0 Å². The predicted octanol–water partition coefficient (Wildman–Crippen LogP) is 4.40. The first-order valence-corrected chi connectivity index (χ1v) is 10.3. The van der Waals surface area contributed by atoms with Crippen LogP contribution in [0.25, 0.3) is 10.9 Å². The van der Waals surface area contributed by atoms with Crippen molar-refractivity contribution in [3.63, 3.8) is 0 Å². The topological polar surface area (TPSA) is 31.4 Å². The molecule has 1 N–H and O–H groups in total. The fourth-order valence-electron chi connectivity index (χ4n) is 3.84. The summed E-state index contributed by atoms with van der Waals surface area (Å²) in [5, 5.41) is 4.79. The number of aromatic nitrogens is 1.